The van der Waals surface area contributed by atoms with Crippen molar-refractivity contribution >= 4 is 17.5 Å². The average Bonchev–Trinajstić information content (AvgIpc) is 2.69. The van der Waals surface area contributed by atoms with E-state index in [0.29, 0.717) is 11.6 Å². The highest BCUT2D eigenvalue weighted by Crippen LogP contribution is 2.23. The second-order valence-electron chi connectivity index (χ2n) is 7.93. The van der Waals surface area contributed by atoms with Gasteiger partial charge in [-0.3, -0.25) is 9.69 Å². The standard InChI is InChI=1S/C21H29N5O2/c1-21(2,3)16-4-6-17(7-5-16)24-19(27)18-8-9-22-20(25-18)23-10-11-26-12-14-28-15-13-26/h4-9H,10-15H2,1-3H3,(H,24,27)(H,22,23,25). The van der Waals surface area contributed by atoms with E-state index in [1.54, 1.807) is 12.3 Å². The van der Waals surface area contributed by atoms with Crippen LogP contribution in [-0.2, 0) is 10.2 Å². The van der Waals surface area contributed by atoms with Crippen molar-refractivity contribution in [3.8, 4) is 0 Å². The summed E-state index contributed by atoms with van der Waals surface area (Å²) < 4.78 is 5.35. The lowest BCUT2D eigenvalue weighted by Crippen LogP contribution is -2.39. The topological polar surface area (TPSA) is 79.4 Å². The van der Waals surface area contributed by atoms with E-state index in [1.165, 1.54) is 5.56 Å². The van der Waals surface area contributed by atoms with Crippen LogP contribution in [0.15, 0.2) is 36.5 Å². The van der Waals surface area contributed by atoms with Gasteiger partial charge in [0, 0.05) is 38.1 Å². The third-order valence-corrected chi connectivity index (χ3v) is 4.71. The summed E-state index contributed by atoms with van der Waals surface area (Å²) in [7, 11) is 0. The van der Waals surface area contributed by atoms with E-state index < -0.39 is 0 Å². The van der Waals surface area contributed by atoms with E-state index in [-0.39, 0.29) is 11.3 Å². The molecule has 1 aliphatic heterocycles. The Morgan fingerprint density at radius 1 is 1.14 bits per heavy atom. The van der Waals surface area contributed by atoms with Crippen LogP contribution in [0.4, 0.5) is 11.6 Å². The molecule has 0 atom stereocenters. The molecule has 1 fully saturated rings. The minimum absolute atomic E-state index is 0.0803. The van der Waals surface area contributed by atoms with Gasteiger partial charge in [-0.15, -0.1) is 0 Å². The number of morpholine rings is 1. The van der Waals surface area contributed by atoms with E-state index in [1.807, 2.05) is 24.3 Å². The van der Waals surface area contributed by atoms with Gasteiger partial charge in [0.2, 0.25) is 5.95 Å². The molecule has 2 heterocycles. The van der Waals surface area contributed by atoms with Gasteiger partial charge in [-0.1, -0.05) is 32.9 Å². The molecule has 28 heavy (non-hydrogen) atoms. The molecule has 0 saturated carbocycles. The Balaban J connectivity index is 1.54. The fourth-order valence-electron chi connectivity index (χ4n) is 2.97. The number of hydrogen-bond donors (Lipinski definition) is 2. The minimum Gasteiger partial charge on any atom is -0.379 e. The molecule has 0 radical (unpaired) electrons. The first-order valence-electron chi connectivity index (χ1n) is 9.71. The summed E-state index contributed by atoms with van der Waals surface area (Å²) in [4.78, 5) is 23.4. The summed E-state index contributed by atoms with van der Waals surface area (Å²) in [5.41, 5.74) is 2.39. The van der Waals surface area contributed by atoms with Gasteiger partial charge in [-0.2, -0.15) is 0 Å². The monoisotopic (exact) mass is 383 g/mol. The Kier molecular flexibility index (Phi) is 6.59. The summed E-state index contributed by atoms with van der Waals surface area (Å²) in [5, 5.41) is 6.08. The summed E-state index contributed by atoms with van der Waals surface area (Å²) in [6.45, 7) is 11.5. The molecule has 0 spiro atoms. The third kappa shape index (κ3) is 5.74. The van der Waals surface area contributed by atoms with Gasteiger partial charge in [0.15, 0.2) is 0 Å². The summed E-state index contributed by atoms with van der Waals surface area (Å²) in [5.74, 6) is 0.214. The molecule has 150 valence electrons. The number of nitrogens with zero attached hydrogens (tertiary/aromatic N) is 3. The zero-order valence-corrected chi connectivity index (χ0v) is 16.9. The van der Waals surface area contributed by atoms with Gasteiger partial charge in [0.1, 0.15) is 5.69 Å². The summed E-state index contributed by atoms with van der Waals surface area (Å²) in [6.07, 6.45) is 1.60. The van der Waals surface area contributed by atoms with Crippen molar-refractivity contribution in [3.63, 3.8) is 0 Å². The molecule has 7 heteroatoms. The Morgan fingerprint density at radius 3 is 2.54 bits per heavy atom. The number of ether oxygens (including phenoxy) is 1. The highest BCUT2D eigenvalue weighted by molar-refractivity contribution is 6.02. The van der Waals surface area contributed by atoms with Crippen LogP contribution in [0.5, 0.6) is 0 Å². The molecule has 1 aliphatic rings. The maximum Gasteiger partial charge on any atom is 0.274 e. The molecule has 0 aliphatic carbocycles. The number of benzene rings is 1. The lowest BCUT2D eigenvalue weighted by Gasteiger charge is -2.26. The number of carbonyl (C=O) groups excluding carboxylic acids is 1. The van der Waals surface area contributed by atoms with Crippen molar-refractivity contribution in [2.45, 2.75) is 26.2 Å². The Labute approximate surface area is 166 Å². The van der Waals surface area contributed by atoms with Crippen LogP contribution >= 0.6 is 0 Å². The van der Waals surface area contributed by atoms with Crippen molar-refractivity contribution in [2.75, 3.05) is 50.0 Å². The lowest BCUT2D eigenvalue weighted by atomic mass is 9.87. The molecule has 3 rings (SSSR count). The molecule has 2 N–H and O–H groups in total. The van der Waals surface area contributed by atoms with Crippen LogP contribution in [0.3, 0.4) is 0 Å². The number of hydrogen-bond acceptors (Lipinski definition) is 6. The number of carbonyl (C=O) groups is 1. The van der Waals surface area contributed by atoms with E-state index >= 15 is 0 Å². The lowest BCUT2D eigenvalue weighted by molar-refractivity contribution is 0.0398. The zero-order valence-electron chi connectivity index (χ0n) is 16.9. The van der Waals surface area contributed by atoms with Crippen molar-refractivity contribution in [2.24, 2.45) is 0 Å². The van der Waals surface area contributed by atoms with Crippen LogP contribution in [-0.4, -0.2) is 60.2 Å². The predicted octanol–water partition coefficient (Wildman–Crippen LogP) is 2.77. The molecule has 1 aromatic heterocycles. The molecule has 1 saturated heterocycles. The first kappa shape index (κ1) is 20.2. The van der Waals surface area contributed by atoms with Gasteiger partial charge in [0.25, 0.3) is 5.91 Å². The third-order valence-electron chi connectivity index (χ3n) is 4.71. The highest BCUT2D eigenvalue weighted by atomic mass is 16.5. The number of rotatable bonds is 6. The number of nitrogens with one attached hydrogen (secondary N) is 2. The first-order chi connectivity index (χ1) is 13.4. The second kappa shape index (κ2) is 9.12. The van der Waals surface area contributed by atoms with Gasteiger partial charge >= 0.3 is 0 Å². The Bertz CT molecular complexity index is 780. The van der Waals surface area contributed by atoms with E-state index in [0.717, 1.165) is 45.1 Å². The van der Waals surface area contributed by atoms with Crippen LogP contribution < -0.4 is 10.6 Å². The number of anilines is 2. The summed E-state index contributed by atoms with van der Waals surface area (Å²) >= 11 is 0. The average molecular weight is 383 g/mol. The highest BCUT2D eigenvalue weighted by Gasteiger charge is 2.14. The van der Waals surface area contributed by atoms with Crippen LogP contribution in [0.25, 0.3) is 0 Å². The number of aromatic nitrogens is 2. The van der Waals surface area contributed by atoms with Crippen molar-refractivity contribution in [3.05, 3.63) is 47.8 Å². The van der Waals surface area contributed by atoms with Crippen LogP contribution in [0, 0.1) is 0 Å². The maximum absolute atomic E-state index is 12.5. The molecule has 7 nitrogen and oxygen atoms in total. The number of amides is 1. The minimum atomic E-state index is -0.248. The fourth-order valence-corrected chi connectivity index (χ4v) is 2.97. The normalized spacial score (nSPS) is 15.2. The van der Waals surface area contributed by atoms with Gasteiger partial charge in [-0.05, 0) is 29.2 Å². The molecule has 1 aromatic carbocycles. The molecular weight excluding hydrogens is 354 g/mol. The van der Waals surface area contributed by atoms with Gasteiger partial charge in [0.05, 0.1) is 13.2 Å². The zero-order chi connectivity index (χ0) is 20.0. The van der Waals surface area contributed by atoms with Crippen LogP contribution in [0.2, 0.25) is 0 Å². The van der Waals surface area contributed by atoms with Crippen LogP contribution in [0.1, 0.15) is 36.8 Å². The molecule has 1 amide bonds. The van der Waals surface area contributed by atoms with E-state index in [2.05, 4.69) is 46.3 Å². The molecule has 0 bridgehead atoms. The fraction of sp³-hybridized carbons (Fsp3) is 0.476. The smallest absolute Gasteiger partial charge is 0.274 e. The molecular formula is C21H29N5O2. The van der Waals surface area contributed by atoms with Crippen molar-refractivity contribution < 1.29 is 9.53 Å². The SMILES string of the molecule is CC(C)(C)c1ccc(NC(=O)c2ccnc(NCCN3CCOCC3)n2)cc1. The molecule has 2 aromatic rings. The maximum atomic E-state index is 12.5. The van der Waals surface area contributed by atoms with Gasteiger partial charge in [-0.25, -0.2) is 9.97 Å². The summed E-state index contributed by atoms with van der Waals surface area (Å²) in [6, 6.07) is 9.52. The first-order valence-corrected chi connectivity index (χ1v) is 9.71. The van der Waals surface area contributed by atoms with Crippen molar-refractivity contribution in [1.82, 2.24) is 14.9 Å². The quantitative estimate of drug-likeness (QED) is 0.799. The van der Waals surface area contributed by atoms with E-state index in [4.69, 9.17) is 4.74 Å². The Hall–Kier alpha value is -2.51. The second-order valence-corrected chi connectivity index (χ2v) is 7.93. The van der Waals surface area contributed by atoms with Crippen molar-refractivity contribution in [1.29, 1.82) is 0 Å². The largest absolute Gasteiger partial charge is 0.379 e. The molecule has 0 unspecified atom stereocenters. The Morgan fingerprint density at radius 2 is 1.86 bits per heavy atom. The van der Waals surface area contributed by atoms with Gasteiger partial charge < -0.3 is 15.4 Å². The predicted molar refractivity (Wildman–Crippen MR) is 111 cm³/mol. The van der Waals surface area contributed by atoms with E-state index in [9.17, 15) is 4.79 Å².